The maximum Gasteiger partial charge on any atom is 0.253 e. The van der Waals surface area contributed by atoms with Gasteiger partial charge in [0.15, 0.2) is 0 Å². The summed E-state index contributed by atoms with van der Waals surface area (Å²) in [5.74, 6) is 1.31. The molecule has 1 aliphatic carbocycles. The van der Waals surface area contributed by atoms with Gasteiger partial charge in [-0.2, -0.15) is 0 Å². The van der Waals surface area contributed by atoms with E-state index in [1.165, 1.54) is 32.1 Å². The molecule has 0 spiro atoms. The number of carbonyl (C=O) groups excluding carboxylic acids is 1. The molecular formula is C23H31ClN2O2. The first kappa shape index (κ1) is 19.8. The van der Waals surface area contributed by atoms with Gasteiger partial charge in [-0.05, 0) is 43.7 Å². The summed E-state index contributed by atoms with van der Waals surface area (Å²) < 4.78 is 7.76. The highest BCUT2D eigenvalue weighted by atomic mass is 35.5. The van der Waals surface area contributed by atoms with Crippen LogP contribution in [0, 0.1) is 11.8 Å². The van der Waals surface area contributed by atoms with Crippen LogP contribution in [-0.2, 0) is 4.74 Å². The SMILES string of the molecule is CCC[C@@H]1CCCC1C(C)NC(=O)c1cn(C2CCOC2)c2cccc(Cl)c12. The predicted molar refractivity (Wildman–Crippen MR) is 114 cm³/mol. The first-order valence-corrected chi connectivity index (χ1v) is 11.2. The van der Waals surface area contributed by atoms with Crippen molar-refractivity contribution in [2.75, 3.05) is 13.2 Å². The summed E-state index contributed by atoms with van der Waals surface area (Å²) in [5.41, 5.74) is 1.70. The van der Waals surface area contributed by atoms with E-state index in [-0.39, 0.29) is 18.0 Å². The Morgan fingerprint density at radius 2 is 2.21 bits per heavy atom. The molecule has 2 aromatic rings. The Hall–Kier alpha value is -1.52. The number of nitrogens with one attached hydrogen (secondary N) is 1. The fraction of sp³-hybridized carbons (Fsp3) is 0.609. The summed E-state index contributed by atoms with van der Waals surface area (Å²) in [7, 11) is 0. The van der Waals surface area contributed by atoms with Crippen molar-refractivity contribution in [3.8, 4) is 0 Å². The first-order valence-electron chi connectivity index (χ1n) is 10.8. The van der Waals surface area contributed by atoms with Crippen molar-refractivity contribution in [2.24, 2.45) is 11.8 Å². The maximum absolute atomic E-state index is 13.3. The fourth-order valence-corrected chi connectivity index (χ4v) is 5.60. The number of nitrogens with zero attached hydrogens (tertiary/aromatic N) is 1. The van der Waals surface area contributed by atoms with Gasteiger partial charge in [-0.15, -0.1) is 0 Å². The molecule has 1 saturated carbocycles. The average molecular weight is 403 g/mol. The largest absolute Gasteiger partial charge is 0.379 e. The molecule has 28 heavy (non-hydrogen) atoms. The van der Waals surface area contributed by atoms with Crippen molar-refractivity contribution >= 4 is 28.4 Å². The Labute approximate surface area is 172 Å². The Balaban J connectivity index is 1.60. The van der Waals surface area contributed by atoms with Crippen LogP contribution in [0.25, 0.3) is 10.9 Å². The van der Waals surface area contributed by atoms with Gasteiger partial charge in [0.1, 0.15) is 0 Å². The van der Waals surface area contributed by atoms with Crippen molar-refractivity contribution in [2.45, 2.75) is 64.5 Å². The summed E-state index contributed by atoms with van der Waals surface area (Å²) in [4.78, 5) is 13.3. The molecule has 4 atom stereocenters. The molecule has 5 heteroatoms. The van der Waals surface area contributed by atoms with E-state index in [4.69, 9.17) is 16.3 Å². The van der Waals surface area contributed by atoms with Crippen LogP contribution in [0.1, 0.15) is 68.8 Å². The highest BCUT2D eigenvalue weighted by Crippen LogP contribution is 2.38. The van der Waals surface area contributed by atoms with Crippen molar-refractivity contribution in [1.29, 1.82) is 0 Å². The molecule has 152 valence electrons. The van der Waals surface area contributed by atoms with Crippen molar-refractivity contribution in [3.63, 3.8) is 0 Å². The van der Waals surface area contributed by atoms with Gasteiger partial charge in [0.05, 0.1) is 28.8 Å². The maximum atomic E-state index is 13.3. The molecule has 1 saturated heterocycles. The molecule has 1 aliphatic heterocycles. The lowest BCUT2D eigenvalue weighted by molar-refractivity contribution is 0.0920. The zero-order valence-electron chi connectivity index (χ0n) is 16.9. The van der Waals surface area contributed by atoms with Gasteiger partial charge in [0, 0.05) is 24.2 Å². The lowest BCUT2D eigenvalue weighted by atomic mass is 9.86. The molecule has 2 aliphatic rings. The summed E-state index contributed by atoms with van der Waals surface area (Å²) in [6, 6.07) is 6.32. The minimum atomic E-state index is -0.00888. The lowest BCUT2D eigenvalue weighted by Gasteiger charge is -2.26. The van der Waals surface area contributed by atoms with Gasteiger partial charge in [-0.3, -0.25) is 4.79 Å². The summed E-state index contributed by atoms with van der Waals surface area (Å²) >= 11 is 6.53. The Morgan fingerprint density at radius 1 is 1.36 bits per heavy atom. The van der Waals surface area contributed by atoms with Gasteiger partial charge in [-0.25, -0.2) is 0 Å². The van der Waals surface area contributed by atoms with Gasteiger partial charge >= 0.3 is 0 Å². The number of carbonyl (C=O) groups is 1. The smallest absolute Gasteiger partial charge is 0.253 e. The van der Waals surface area contributed by atoms with E-state index in [1.807, 2.05) is 24.4 Å². The molecule has 2 fully saturated rings. The van der Waals surface area contributed by atoms with Gasteiger partial charge < -0.3 is 14.6 Å². The van der Waals surface area contributed by atoms with E-state index in [0.29, 0.717) is 23.1 Å². The monoisotopic (exact) mass is 402 g/mol. The minimum absolute atomic E-state index is 0.00888. The third-order valence-electron chi connectivity index (χ3n) is 6.73. The van der Waals surface area contributed by atoms with Crippen LogP contribution >= 0.6 is 11.6 Å². The molecule has 1 N–H and O–H groups in total. The van der Waals surface area contributed by atoms with Crippen LogP contribution in [0.5, 0.6) is 0 Å². The van der Waals surface area contributed by atoms with E-state index < -0.39 is 0 Å². The van der Waals surface area contributed by atoms with Crippen LogP contribution in [0.2, 0.25) is 5.02 Å². The molecule has 1 amide bonds. The third-order valence-corrected chi connectivity index (χ3v) is 7.04. The standard InChI is InChI=1S/C23H31ClN2O2/c1-3-6-16-7-4-8-18(16)15(2)25-23(27)19-13-26(17-11-12-28-14-17)21-10-5-9-20(24)22(19)21/h5,9-10,13,15-18H,3-4,6-8,11-12,14H2,1-2H3,(H,25,27)/t15?,16-,17?,18?/m1/s1. The molecule has 4 nitrogen and oxygen atoms in total. The highest BCUT2D eigenvalue weighted by molar-refractivity contribution is 6.36. The normalized spacial score (nSPS) is 26.0. The molecule has 4 rings (SSSR count). The second-order valence-electron chi connectivity index (χ2n) is 8.51. The van der Waals surface area contributed by atoms with Crippen LogP contribution in [-0.4, -0.2) is 29.7 Å². The number of ether oxygens (including phenoxy) is 1. The number of rotatable bonds is 6. The number of hydrogen-bond donors (Lipinski definition) is 1. The van der Waals surface area contributed by atoms with Crippen molar-refractivity contribution in [1.82, 2.24) is 9.88 Å². The number of benzene rings is 1. The van der Waals surface area contributed by atoms with E-state index in [1.54, 1.807) is 0 Å². The summed E-state index contributed by atoms with van der Waals surface area (Å²) in [6.07, 6.45) is 9.22. The Kier molecular flexibility index (Phi) is 5.98. The van der Waals surface area contributed by atoms with Crippen LogP contribution in [0.15, 0.2) is 24.4 Å². The topological polar surface area (TPSA) is 43.3 Å². The minimum Gasteiger partial charge on any atom is -0.379 e. The van der Waals surface area contributed by atoms with Crippen LogP contribution in [0.4, 0.5) is 0 Å². The molecule has 0 radical (unpaired) electrons. The van der Waals surface area contributed by atoms with E-state index in [0.717, 1.165) is 29.8 Å². The zero-order chi connectivity index (χ0) is 19.7. The van der Waals surface area contributed by atoms with Crippen molar-refractivity contribution in [3.05, 3.63) is 35.0 Å². The number of hydrogen-bond acceptors (Lipinski definition) is 2. The number of halogens is 1. The molecular weight excluding hydrogens is 372 g/mol. The average Bonchev–Trinajstić information content (AvgIpc) is 3.41. The van der Waals surface area contributed by atoms with Crippen molar-refractivity contribution < 1.29 is 9.53 Å². The Bertz CT molecular complexity index is 840. The molecule has 1 aromatic carbocycles. The predicted octanol–water partition coefficient (Wildman–Crippen LogP) is 5.59. The molecule has 0 bridgehead atoms. The second kappa shape index (κ2) is 8.46. The van der Waals surface area contributed by atoms with Crippen LogP contribution < -0.4 is 5.32 Å². The molecule has 3 unspecified atom stereocenters. The zero-order valence-corrected chi connectivity index (χ0v) is 17.7. The summed E-state index contributed by atoms with van der Waals surface area (Å²) in [6.45, 7) is 5.88. The van der Waals surface area contributed by atoms with Gasteiger partial charge in [0.25, 0.3) is 5.91 Å². The van der Waals surface area contributed by atoms with E-state index in [9.17, 15) is 4.79 Å². The lowest BCUT2D eigenvalue weighted by Crippen LogP contribution is -2.39. The van der Waals surface area contributed by atoms with E-state index in [2.05, 4.69) is 23.7 Å². The quantitative estimate of drug-likeness (QED) is 0.684. The highest BCUT2D eigenvalue weighted by Gasteiger charge is 2.32. The first-order chi connectivity index (χ1) is 13.6. The number of fused-ring (bicyclic) bond motifs is 1. The number of amides is 1. The van der Waals surface area contributed by atoms with Crippen LogP contribution in [0.3, 0.4) is 0 Å². The molecule has 2 heterocycles. The van der Waals surface area contributed by atoms with Gasteiger partial charge in [-0.1, -0.05) is 50.3 Å². The third kappa shape index (κ3) is 3.69. The Morgan fingerprint density at radius 3 is 2.96 bits per heavy atom. The number of aromatic nitrogens is 1. The van der Waals surface area contributed by atoms with E-state index >= 15 is 0 Å². The van der Waals surface area contributed by atoms with Gasteiger partial charge in [0.2, 0.25) is 0 Å². The summed E-state index contributed by atoms with van der Waals surface area (Å²) in [5, 5.41) is 4.80. The second-order valence-corrected chi connectivity index (χ2v) is 8.91. The molecule has 1 aromatic heterocycles. The fourth-order valence-electron chi connectivity index (χ4n) is 5.33.